The first-order chi connectivity index (χ1) is 24.8. The van der Waals surface area contributed by atoms with Gasteiger partial charge in [-0.15, -0.1) is 0 Å². The summed E-state index contributed by atoms with van der Waals surface area (Å²) in [6.07, 6.45) is 1.15. The van der Waals surface area contributed by atoms with Crippen molar-refractivity contribution in [3.05, 3.63) is 120 Å². The molecular formula is C39H44N4O8S. The maximum Gasteiger partial charge on any atom is 0.410 e. The number of anilines is 1. The van der Waals surface area contributed by atoms with Crippen LogP contribution in [0.25, 0.3) is 0 Å². The molecule has 4 aromatic carbocycles. The van der Waals surface area contributed by atoms with Crippen LogP contribution in [0.5, 0.6) is 11.5 Å². The number of piperidine rings is 1. The van der Waals surface area contributed by atoms with Crippen LogP contribution in [0.15, 0.2) is 114 Å². The predicted molar refractivity (Wildman–Crippen MR) is 196 cm³/mol. The summed E-state index contributed by atoms with van der Waals surface area (Å²) in [7, 11) is -4.24. The number of amides is 3. The molecule has 52 heavy (non-hydrogen) atoms. The SMILES string of the molecule is CC(C)(C)OC(=O)N1CCC(CNC(=O)C(Cc2ccc(O)cc2)NC(=O)c2ccc(S(=O)(=O)N(Oc3ccccc3)c3ccccc3)cc2)CC1. The average Bonchev–Trinajstić information content (AvgIpc) is 3.13. The fourth-order valence-electron chi connectivity index (χ4n) is 5.57. The van der Waals surface area contributed by atoms with Crippen molar-refractivity contribution >= 4 is 33.6 Å². The fourth-order valence-corrected chi connectivity index (χ4v) is 6.83. The molecule has 0 aromatic heterocycles. The number of phenols is 1. The van der Waals surface area contributed by atoms with Crippen LogP contribution in [0.2, 0.25) is 0 Å². The first kappa shape index (κ1) is 37.7. The molecule has 13 heteroatoms. The Labute approximate surface area is 304 Å². The normalized spacial score (nSPS) is 14.2. The van der Waals surface area contributed by atoms with E-state index in [-0.39, 0.29) is 40.3 Å². The van der Waals surface area contributed by atoms with Gasteiger partial charge in [0, 0.05) is 31.6 Å². The summed E-state index contributed by atoms with van der Waals surface area (Å²) < 4.78 is 34.0. The third kappa shape index (κ3) is 10.3. The Kier molecular flexibility index (Phi) is 12.1. The Balaban J connectivity index is 1.26. The van der Waals surface area contributed by atoms with Crippen molar-refractivity contribution in [2.45, 2.75) is 56.6 Å². The van der Waals surface area contributed by atoms with Gasteiger partial charge in [-0.25, -0.2) is 4.79 Å². The number of carbonyl (C=O) groups excluding carboxylic acids is 3. The second-order valence-electron chi connectivity index (χ2n) is 13.5. The van der Waals surface area contributed by atoms with Crippen LogP contribution in [0, 0.1) is 5.92 Å². The zero-order chi connectivity index (χ0) is 37.3. The van der Waals surface area contributed by atoms with Gasteiger partial charge in [0.2, 0.25) is 5.91 Å². The minimum atomic E-state index is -4.24. The van der Waals surface area contributed by atoms with Crippen molar-refractivity contribution in [3.63, 3.8) is 0 Å². The molecule has 0 aliphatic carbocycles. The molecule has 3 N–H and O–H groups in total. The smallest absolute Gasteiger partial charge is 0.410 e. The van der Waals surface area contributed by atoms with Crippen molar-refractivity contribution < 1.29 is 37.5 Å². The lowest BCUT2D eigenvalue weighted by molar-refractivity contribution is -0.123. The Morgan fingerprint density at radius 1 is 0.865 bits per heavy atom. The zero-order valence-corrected chi connectivity index (χ0v) is 30.2. The maximum atomic E-state index is 13.8. The van der Waals surface area contributed by atoms with Gasteiger partial charge < -0.3 is 30.2 Å². The second-order valence-corrected chi connectivity index (χ2v) is 15.3. The highest BCUT2D eigenvalue weighted by molar-refractivity contribution is 7.92. The Morgan fingerprint density at radius 2 is 1.46 bits per heavy atom. The van der Waals surface area contributed by atoms with Crippen LogP contribution in [0.4, 0.5) is 10.5 Å². The molecule has 3 amide bonds. The molecule has 1 aliphatic rings. The molecule has 1 heterocycles. The molecule has 1 atom stereocenters. The van der Waals surface area contributed by atoms with Crippen molar-refractivity contribution in [2.24, 2.45) is 5.92 Å². The highest BCUT2D eigenvalue weighted by atomic mass is 32.2. The topological polar surface area (TPSA) is 155 Å². The molecule has 12 nitrogen and oxygen atoms in total. The summed E-state index contributed by atoms with van der Waals surface area (Å²) in [5.74, 6) is -0.457. The highest BCUT2D eigenvalue weighted by Crippen LogP contribution is 2.26. The summed E-state index contributed by atoms with van der Waals surface area (Å²) >= 11 is 0. The number of nitrogens with zero attached hydrogens (tertiary/aromatic N) is 2. The van der Waals surface area contributed by atoms with Crippen LogP contribution in [0.3, 0.4) is 0 Å². The minimum absolute atomic E-state index is 0.0709. The zero-order valence-electron chi connectivity index (χ0n) is 29.4. The van der Waals surface area contributed by atoms with Crippen LogP contribution in [-0.4, -0.2) is 67.6 Å². The third-order valence-corrected chi connectivity index (χ3v) is 9.95. The Morgan fingerprint density at radius 3 is 2.06 bits per heavy atom. The molecule has 0 saturated carbocycles. The molecule has 0 bridgehead atoms. The molecule has 0 radical (unpaired) electrons. The van der Waals surface area contributed by atoms with E-state index in [9.17, 15) is 27.9 Å². The van der Waals surface area contributed by atoms with Crippen molar-refractivity contribution in [1.29, 1.82) is 0 Å². The van der Waals surface area contributed by atoms with E-state index in [1.54, 1.807) is 77.7 Å². The van der Waals surface area contributed by atoms with Gasteiger partial charge in [-0.3, -0.25) is 9.59 Å². The van der Waals surface area contributed by atoms with Crippen LogP contribution in [0.1, 0.15) is 49.5 Å². The van der Waals surface area contributed by atoms with E-state index in [0.717, 1.165) is 4.47 Å². The lowest BCUT2D eigenvalue weighted by atomic mass is 9.96. The molecule has 1 saturated heterocycles. The maximum absolute atomic E-state index is 13.8. The molecule has 1 aliphatic heterocycles. The van der Waals surface area contributed by atoms with Crippen molar-refractivity contribution in [2.75, 3.05) is 24.1 Å². The number of hydrogen-bond donors (Lipinski definition) is 3. The average molecular weight is 729 g/mol. The lowest BCUT2D eigenvalue weighted by Gasteiger charge is -2.33. The number of aromatic hydroxyl groups is 1. The van der Waals surface area contributed by atoms with E-state index < -0.39 is 33.5 Å². The number of benzene rings is 4. The van der Waals surface area contributed by atoms with Gasteiger partial charge in [0.1, 0.15) is 17.4 Å². The Bertz CT molecular complexity index is 1910. The number of phenolic OH excluding ortho intramolecular Hbond substituents is 1. The molecule has 5 rings (SSSR count). The number of para-hydroxylation sites is 2. The van der Waals surface area contributed by atoms with Gasteiger partial charge in [0.05, 0.1) is 10.6 Å². The minimum Gasteiger partial charge on any atom is -0.508 e. The molecular weight excluding hydrogens is 685 g/mol. The van der Waals surface area contributed by atoms with Gasteiger partial charge in [0.25, 0.3) is 15.9 Å². The highest BCUT2D eigenvalue weighted by Gasteiger charge is 2.30. The summed E-state index contributed by atoms with van der Waals surface area (Å²) in [5.41, 5.74) is 0.557. The van der Waals surface area contributed by atoms with Gasteiger partial charge in [-0.1, -0.05) is 53.0 Å². The van der Waals surface area contributed by atoms with Crippen molar-refractivity contribution in [3.8, 4) is 11.5 Å². The Hall–Kier alpha value is -5.56. The quantitative estimate of drug-likeness (QED) is 0.157. The first-order valence-corrected chi connectivity index (χ1v) is 18.5. The van der Waals surface area contributed by atoms with Gasteiger partial charge in [0.15, 0.2) is 5.75 Å². The van der Waals surface area contributed by atoms with E-state index in [1.807, 2.05) is 20.8 Å². The van der Waals surface area contributed by atoms with Crippen LogP contribution >= 0.6 is 0 Å². The van der Waals surface area contributed by atoms with Crippen LogP contribution < -0.4 is 19.9 Å². The third-order valence-electron chi connectivity index (χ3n) is 8.36. The summed E-state index contributed by atoms with van der Waals surface area (Å²) in [4.78, 5) is 46.9. The van der Waals surface area contributed by atoms with Crippen molar-refractivity contribution in [1.82, 2.24) is 15.5 Å². The van der Waals surface area contributed by atoms with Gasteiger partial charge in [-0.05, 0) is 106 Å². The lowest BCUT2D eigenvalue weighted by Crippen LogP contribution is -2.50. The summed E-state index contributed by atoms with van der Waals surface area (Å²) in [6, 6.07) is 27.6. The number of ether oxygens (including phenoxy) is 1. The molecule has 1 fully saturated rings. The molecule has 0 spiro atoms. The van der Waals surface area contributed by atoms with Crippen LogP contribution in [-0.2, 0) is 26.0 Å². The van der Waals surface area contributed by atoms with Gasteiger partial charge >= 0.3 is 6.09 Å². The molecule has 274 valence electrons. The van der Waals surface area contributed by atoms with E-state index in [0.29, 0.717) is 43.8 Å². The molecule has 1 unspecified atom stereocenters. The number of rotatable bonds is 12. The van der Waals surface area contributed by atoms with E-state index in [4.69, 9.17) is 9.57 Å². The predicted octanol–water partition coefficient (Wildman–Crippen LogP) is 5.69. The van der Waals surface area contributed by atoms with E-state index in [1.165, 1.54) is 36.4 Å². The number of nitrogens with one attached hydrogen (secondary N) is 2. The number of hydrogen-bond acceptors (Lipinski definition) is 8. The second kappa shape index (κ2) is 16.6. The van der Waals surface area contributed by atoms with E-state index in [2.05, 4.69) is 10.6 Å². The fraction of sp³-hybridized carbons (Fsp3) is 0.308. The monoisotopic (exact) mass is 728 g/mol. The number of likely N-dealkylation sites (tertiary alicyclic amines) is 1. The number of sulfonamides is 1. The molecule has 4 aromatic rings. The van der Waals surface area contributed by atoms with E-state index >= 15 is 0 Å². The summed E-state index contributed by atoms with van der Waals surface area (Å²) in [6.45, 7) is 6.85. The van der Waals surface area contributed by atoms with Gasteiger partial charge in [-0.2, -0.15) is 8.42 Å². The summed E-state index contributed by atoms with van der Waals surface area (Å²) in [5, 5.41) is 15.5. The largest absolute Gasteiger partial charge is 0.508 e. The standard InChI is InChI=1S/C39H44N4O8S/c1-39(2,3)50-38(47)42-24-22-29(23-25-42)27-40-37(46)35(26-28-14-18-32(44)19-15-28)41-36(45)30-16-20-34(21-17-30)52(48,49)43(31-10-6-4-7-11-31)51-33-12-8-5-9-13-33/h4-21,29,35,44H,22-27H2,1-3H3,(H,40,46)(H,41,45). The number of carbonyl (C=O) groups is 3. The first-order valence-electron chi connectivity index (χ1n) is 17.1.